The molecule has 0 amide bonds. The summed E-state index contributed by atoms with van der Waals surface area (Å²) >= 11 is 0. The SMILES string of the molecule is CC(C)(C)c1cc(-c2ccccc2)cc(-c2ccccc2)c1N(c1ccc(F)cc1)c1ccc2c(c1)oc1ccccc12. The molecule has 0 saturated heterocycles. The highest BCUT2D eigenvalue weighted by Gasteiger charge is 2.28. The first-order valence-electron chi connectivity index (χ1n) is 14.6. The molecule has 0 atom stereocenters. The first kappa shape index (κ1) is 26.7. The van der Waals surface area contributed by atoms with Crippen molar-refractivity contribution in [1.82, 2.24) is 0 Å². The zero-order valence-corrected chi connectivity index (χ0v) is 24.5. The third-order valence-corrected chi connectivity index (χ3v) is 8.04. The van der Waals surface area contributed by atoms with Gasteiger partial charge in [-0.2, -0.15) is 0 Å². The van der Waals surface area contributed by atoms with Gasteiger partial charge in [0, 0.05) is 33.8 Å². The predicted octanol–water partition coefficient (Wildman–Crippen LogP) is 11.8. The van der Waals surface area contributed by atoms with E-state index in [1.54, 1.807) is 0 Å². The zero-order valence-electron chi connectivity index (χ0n) is 24.5. The zero-order chi connectivity index (χ0) is 29.6. The van der Waals surface area contributed by atoms with Crippen LogP contribution in [-0.2, 0) is 5.41 Å². The minimum atomic E-state index is -0.268. The Bertz CT molecular complexity index is 2050. The molecule has 1 heterocycles. The standard InChI is InChI=1S/C40H32FNO/c1-40(2,3)36-25-29(27-12-6-4-7-13-27)24-35(28-14-8-5-9-15-28)39(36)42(31-20-18-30(41)19-21-31)32-22-23-34-33-16-10-11-17-37(33)43-38(34)26-32/h4-26H,1-3H3. The van der Waals surface area contributed by atoms with Gasteiger partial charge in [-0.25, -0.2) is 4.39 Å². The van der Waals surface area contributed by atoms with Crippen LogP contribution >= 0.6 is 0 Å². The summed E-state index contributed by atoms with van der Waals surface area (Å²) in [6.07, 6.45) is 0. The Morgan fingerprint density at radius 1 is 0.535 bits per heavy atom. The van der Waals surface area contributed by atoms with E-state index < -0.39 is 0 Å². The number of furan rings is 1. The maximum absolute atomic E-state index is 14.3. The normalized spacial score (nSPS) is 11.7. The van der Waals surface area contributed by atoms with Gasteiger partial charge < -0.3 is 9.32 Å². The van der Waals surface area contributed by atoms with Gasteiger partial charge in [0.25, 0.3) is 0 Å². The van der Waals surface area contributed by atoms with Crippen LogP contribution in [0.5, 0.6) is 0 Å². The molecule has 0 fully saturated rings. The summed E-state index contributed by atoms with van der Waals surface area (Å²) in [5.74, 6) is -0.268. The molecule has 0 spiro atoms. The molecule has 7 rings (SSSR count). The van der Waals surface area contributed by atoms with Crippen molar-refractivity contribution in [3.8, 4) is 22.3 Å². The number of rotatable bonds is 5. The van der Waals surface area contributed by atoms with Crippen LogP contribution in [-0.4, -0.2) is 0 Å². The third-order valence-electron chi connectivity index (χ3n) is 8.04. The Balaban J connectivity index is 1.57. The van der Waals surface area contributed by atoms with Gasteiger partial charge in [-0.15, -0.1) is 0 Å². The van der Waals surface area contributed by atoms with Gasteiger partial charge in [0.1, 0.15) is 17.0 Å². The van der Waals surface area contributed by atoms with Crippen molar-refractivity contribution in [1.29, 1.82) is 0 Å². The summed E-state index contributed by atoms with van der Waals surface area (Å²) in [7, 11) is 0. The third kappa shape index (κ3) is 4.97. The van der Waals surface area contributed by atoms with Gasteiger partial charge in [-0.3, -0.25) is 0 Å². The molecule has 0 aliphatic heterocycles. The number of hydrogen-bond acceptors (Lipinski definition) is 2. The fourth-order valence-corrected chi connectivity index (χ4v) is 5.93. The topological polar surface area (TPSA) is 16.4 Å². The van der Waals surface area contributed by atoms with Crippen LogP contribution in [0.3, 0.4) is 0 Å². The fourth-order valence-electron chi connectivity index (χ4n) is 5.93. The van der Waals surface area contributed by atoms with Gasteiger partial charge in [-0.05, 0) is 82.3 Å². The Morgan fingerprint density at radius 2 is 1.14 bits per heavy atom. The van der Waals surface area contributed by atoms with Crippen LogP contribution in [0.15, 0.2) is 144 Å². The average molecular weight is 562 g/mol. The highest BCUT2D eigenvalue weighted by molar-refractivity contribution is 6.06. The molecule has 43 heavy (non-hydrogen) atoms. The van der Waals surface area contributed by atoms with Crippen molar-refractivity contribution in [2.75, 3.05) is 4.90 Å². The summed E-state index contributed by atoms with van der Waals surface area (Å²) in [6.45, 7) is 6.75. The molecule has 0 unspecified atom stereocenters. The summed E-state index contributed by atoms with van der Waals surface area (Å²) in [5.41, 5.74) is 10.0. The molecule has 0 radical (unpaired) electrons. The van der Waals surface area contributed by atoms with E-state index in [4.69, 9.17) is 4.42 Å². The predicted molar refractivity (Wildman–Crippen MR) is 178 cm³/mol. The van der Waals surface area contributed by atoms with E-state index in [9.17, 15) is 4.39 Å². The lowest BCUT2D eigenvalue weighted by atomic mass is 9.80. The van der Waals surface area contributed by atoms with Crippen LogP contribution in [0.25, 0.3) is 44.2 Å². The summed E-state index contributed by atoms with van der Waals surface area (Å²) in [6, 6.07) is 46.9. The number of para-hydroxylation sites is 1. The minimum Gasteiger partial charge on any atom is -0.456 e. The molecular weight excluding hydrogens is 529 g/mol. The Labute approximate surface area is 251 Å². The lowest BCUT2D eigenvalue weighted by molar-refractivity contribution is 0.591. The molecule has 0 aliphatic rings. The summed E-state index contributed by atoms with van der Waals surface area (Å²) in [5, 5.41) is 2.15. The van der Waals surface area contributed by atoms with Crippen molar-refractivity contribution in [2.24, 2.45) is 0 Å². The van der Waals surface area contributed by atoms with Crippen molar-refractivity contribution in [3.63, 3.8) is 0 Å². The van der Waals surface area contributed by atoms with E-state index >= 15 is 0 Å². The minimum absolute atomic E-state index is 0.217. The van der Waals surface area contributed by atoms with Crippen molar-refractivity contribution < 1.29 is 8.81 Å². The van der Waals surface area contributed by atoms with Crippen molar-refractivity contribution in [3.05, 3.63) is 151 Å². The molecule has 6 aromatic carbocycles. The molecule has 0 N–H and O–H groups in total. The van der Waals surface area contributed by atoms with Gasteiger partial charge in [0.15, 0.2) is 0 Å². The quantitative estimate of drug-likeness (QED) is 0.208. The number of benzene rings is 6. The number of fused-ring (bicyclic) bond motifs is 3. The molecule has 7 aromatic rings. The molecule has 0 bridgehead atoms. The van der Waals surface area contributed by atoms with Crippen LogP contribution in [0, 0.1) is 5.82 Å². The average Bonchev–Trinajstić information content (AvgIpc) is 3.40. The molecule has 1 aromatic heterocycles. The highest BCUT2D eigenvalue weighted by atomic mass is 19.1. The van der Waals surface area contributed by atoms with Crippen LogP contribution in [0.2, 0.25) is 0 Å². The number of anilines is 3. The van der Waals surface area contributed by atoms with E-state index in [1.165, 1.54) is 17.7 Å². The summed E-state index contributed by atoms with van der Waals surface area (Å²) in [4.78, 5) is 2.25. The monoisotopic (exact) mass is 561 g/mol. The lowest BCUT2D eigenvalue weighted by Crippen LogP contribution is -2.20. The summed E-state index contributed by atoms with van der Waals surface area (Å²) < 4.78 is 20.6. The van der Waals surface area contributed by atoms with Crippen LogP contribution < -0.4 is 4.90 Å². The van der Waals surface area contributed by atoms with E-state index in [2.05, 4.69) is 111 Å². The van der Waals surface area contributed by atoms with Gasteiger partial charge in [0.05, 0.1) is 5.69 Å². The molecular formula is C40H32FNO. The Morgan fingerprint density at radius 3 is 1.84 bits per heavy atom. The molecule has 210 valence electrons. The van der Waals surface area contributed by atoms with E-state index in [-0.39, 0.29) is 11.2 Å². The Kier molecular flexibility index (Phi) is 6.59. The molecule has 0 saturated carbocycles. The van der Waals surface area contributed by atoms with Crippen molar-refractivity contribution in [2.45, 2.75) is 26.2 Å². The van der Waals surface area contributed by atoms with Crippen LogP contribution in [0.1, 0.15) is 26.3 Å². The van der Waals surface area contributed by atoms with Gasteiger partial charge in [-0.1, -0.05) is 99.6 Å². The van der Waals surface area contributed by atoms with Gasteiger partial charge in [0.2, 0.25) is 0 Å². The van der Waals surface area contributed by atoms with Crippen molar-refractivity contribution >= 4 is 39.0 Å². The number of halogens is 1. The molecule has 2 nitrogen and oxygen atoms in total. The second-order valence-electron chi connectivity index (χ2n) is 12.0. The lowest BCUT2D eigenvalue weighted by Gasteiger charge is -2.34. The molecule has 0 aliphatic carbocycles. The maximum atomic E-state index is 14.3. The van der Waals surface area contributed by atoms with Gasteiger partial charge >= 0.3 is 0 Å². The second kappa shape index (κ2) is 10.6. The highest BCUT2D eigenvalue weighted by Crippen LogP contribution is 2.49. The van der Waals surface area contributed by atoms with E-state index in [0.29, 0.717) is 0 Å². The number of hydrogen-bond donors (Lipinski definition) is 0. The second-order valence-corrected chi connectivity index (χ2v) is 12.0. The Hall–Kier alpha value is -5.15. The largest absolute Gasteiger partial charge is 0.456 e. The van der Waals surface area contributed by atoms with E-state index in [0.717, 1.165) is 61.3 Å². The van der Waals surface area contributed by atoms with Crippen LogP contribution in [0.4, 0.5) is 21.5 Å². The maximum Gasteiger partial charge on any atom is 0.137 e. The first-order chi connectivity index (χ1) is 20.9. The smallest absolute Gasteiger partial charge is 0.137 e. The molecule has 3 heteroatoms. The van der Waals surface area contributed by atoms with E-state index in [1.807, 2.05) is 42.5 Å². The first-order valence-corrected chi connectivity index (χ1v) is 14.6. The number of nitrogens with zero attached hydrogens (tertiary/aromatic N) is 1. The fraction of sp³-hybridized carbons (Fsp3) is 0.100.